The number of ether oxygens (including phenoxy) is 2. The average Bonchev–Trinajstić information content (AvgIpc) is 2.88. The van der Waals surface area contributed by atoms with Crippen molar-refractivity contribution in [2.24, 2.45) is 10.2 Å². The number of benzene rings is 4. The van der Waals surface area contributed by atoms with Crippen LogP contribution in [0.25, 0.3) is 10.8 Å². The molecule has 184 valence electrons. The van der Waals surface area contributed by atoms with Crippen LogP contribution in [-0.2, 0) is 10.1 Å². The Morgan fingerprint density at radius 2 is 1.19 bits per heavy atom. The Balaban J connectivity index is 0.00000380. The van der Waals surface area contributed by atoms with Crippen molar-refractivity contribution >= 4 is 32.3 Å². The number of fused-ring (bicyclic) bond motifs is 1. The number of rotatable bonds is 7. The standard InChI is InChI=1S/C24H20N4O7S.Na/c1-34-19-9-5-3-7-17(19)25-27-21-15-12-11-14(36(31,32)33)13-16(15)22(24(30)23(21)29)28-26-18-8-4-6-10-20(18)35-2;/h3-13,25-26H,1-2H3,(H,31,32,33);/q;+1/p-1. The predicted octanol–water partition coefficient (Wildman–Crippen LogP) is -1.78. The van der Waals surface area contributed by atoms with Gasteiger partial charge in [0.1, 0.15) is 32.3 Å². The third-order valence-electron chi connectivity index (χ3n) is 5.22. The number of anilines is 2. The Kier molecular flexibility index (Phi) is 8.84. The summed E-state index contributed by atoms with van der Waals surface area (Å²) in [5, 5.41) is 7.54. The molecule has 4 aromatic rings. The largest absolute Gasteiger partial charge is 1.00 e. The number of nitrogens with one attached hydrogen (secondary N) is 2. The first-order valence-corrected chi connectivity index (χ1v) is 11.8. The van der Waals surface area contributed by atoms with Crippen molar-refractivity contribution in [3.63, 3.8) is 0 Å². The van der Waals surface area contributed by atoms with E-state index in [1.54, 1.807) is 48.5 Å². The Labute approximate surface area is 232 Å². The van der Waals surface area contributed by atoms with Crippen LogP contribution in [0, 0.1) is 0 Å². The molecular weight excluding hydrogens is 511 g/mol. The molecule has 0 heterocycles. The molecule has 4 rings (SSSR count). The summed E-state index contributed by atoms with van der Waals surface area (Å²) in [4.78, 5) is 25.5. The second-order valence-corrected chi connectivity index (χ2v) is 8.74. The molecule has 0 saturated carbocycles. The van der Waals surface area contributed by atoms with E-state index >= 15 is 0 Å². The first kappa shape index (κ1) is 28.0. The number of para-hydroxylation sites is 4. The van der Waals surface area contributed by atoms with Gasteiger partial charge in [0.05, 0.1) is 30.5 Å². The van der Waals surface area contributed by atoms with Crippen LogP contribution in [0.3, 0.4) is 0 Å². The van der Waals surface area contributed by atoms with E-state index in [0.29, 0.717) is 22.9 Å². The molecule has 0 atom stereocenters. The maximum atomic E-state index is 13.1. The molecule has 0 radical (unpaired) electrons. The van der Waals surface area contributed by atoms with Crippen molar-refractivity contribution in [3.8, 4) is 11.5 Å². The van der Waals surface area contributed by atoms with Crippen LogP contribution in [-0.4, -0.2) is 27.2 Å². The molecule has 0 aromatic heterocycles. The van der Waals surface area contributed by atoms with E-state index in [0.717, 1.165) is 12.1 Å². The van der Waals surface area contributed by atoms with E-state index in [1.807, 2.05) is 0 Å². The van der Waals surface area contributed by atoms with Crippen molar-refractivity contribution < 1.29 is 52.0 Å². The van der Waals surface area contributed by atoms with Gasteiger partial charge in [0, 0.05) is 10.8 Å². The first-order valence-electron chi connectivity index (χ1n) is 10.4. The number of hydrogen-bond donors (Lipinski definition) is 2. The fraction of sp³-hybridized carbons (Fsp3) is 0.0833. The van der Waals surface area contributed by atoms with E-state index in [-0.39, 0.29) is 51.0 Å². The van der Waals surface area contributed by atoms with Gasteiger partial charge in [0.25, 0.3) is 10.9 Å². The summed E-state index contributed by atoms with van der Waals surface area (Å²) >= 11 is 0. The maximum Gasteiger partial charge on any atom is 1.00 e. The van der Waals surface area contributed by atoms with E-state index in [4.69, 9.17) is 9.47 Å². The third-order valence-corrected chi connectivity index (χ3v) is 6.05. The molecule has 0 fully saturated rings. The van der Waals surface area contributed by atoms with E-state index in [2.05, 4.69) is 21.1 Å². The molecular formula is C24H19N4NaO7S. The van der Waals surface area contributed by atoms with Gasteiger partial charge in [-0.05, 0) is 36.4 Å². The third kappa shape index (κ3) is 5.89. The van der Waals surface area contributed by atoms with E-state index in [9.17, 15) is 22.6 Å². The maximum absolute atomic E-state index is 13.1. The molecule has 0 aliphatic carbocycles. The van der Waals surface area contributed by atoms with Crippen LogP contribution in [0.4, 0.5) is 11.4 Å². The Hall–Kier alpha value is -3.55. The fourth-order valence-electron chi connectivity index (χ4n) is 3.47. The summed E-state index contributed by atoms with van der Waals surface area (Å²) in [5.41, 5.74) is 4.13. The van der Waals surface area contributed by atoms with Gasteiger partial charge in [-0.25, -0.2) is 8.42 Å². The Bertz CT molecular complexity index is 1800. The minimum absolute atomic E-state index is 0. The molecule has 0 bridgehead atoms. The van der Waals surface area contributed by atoms with Gasteiger partial charge in [-0.2, -0.15) is 10.2 Å². The van der Waals surface area contributed by atoms with Crippen molar-refractivity contribution in [1.82, 2.24) is 0 Å². The first-order chi connectivity index (χ1) is 17.2. The predicted molar refractivity (Wildman–Crippen MR) is 131 cm³/mol. The van der Waals surface area contributed by atoms with Crippen LogP contribution < -0.4 is 71.5 Å². The molecule has 0 aliphatic heterocycles. The number of methoxy groups -OCH3 is 2. The average molecular weight is 530 g/mol. The monoisotopic (exact) mass is 530 g/mol. The van der Waals surface area contributed by atoms with Crippen molar-refractivity contribution in [1.29, 1.82) is 0 Å². The molecule has 13 heteroatoms. The van der Waals surface area contributed by atoms with Gasteiger partial charge in [-0.1, -0.05) is 30.3 Å². The molecule has 0 aliphatic rings. The molecule has 0 spiro atoms. The fourth-order valence-corrected chi connectivity index (χ4v) is 3.97. The number of nitrogens with zero attached hydrogens (tertiary/aromatic N) is 2. The minimum atomic E-state index is -4.86. The van der Waals surface area contributed by atoms with Gasteiger partial charge in [0.2, 0.25) is 0 Å². The van der Waals surface area contributed by atoms with Crippen LogP contribution in [0.1, 0.15) is 0 Å². The second-order valence-electron chi connectivity index (χ2n) is 7.36. The SMILES string of the molecule is COc1ccccc1NN=c1c(=O)c(=O)c(=NNc2ccccc2OC)c2cc(S(=O)(=O)[O-])ccc12.[Na+]. The van der Waals surface area contributed by atoms with Gasteiger partial charge >= 0.3 is 29.6 Å². The number of hydrogen-bond acceptors (Lipinski definition) is 11. The van der Waals surface area contributed by atoms with Crippen LogP contribution >= 0.6 is 0 Å². The molecule has 0 unspecified atom stereocenters. The molecule has 0 saturated heterocycles. The second kappa shape index (κ2) is 11.7. The van der Waals surface area contributed by atoms with Gasteiger partial charge in [-0.3, -0.25) is 20.4 Å². The summed E-state index contributed by atoms with van der Waals surface area (Å²) in [6.45, 7) is 0. The summed E-state index contributed by atoms with van der Waals surface area (Å²) in [6.07, 6.45) is 0. The van der Waals surface area contributed by atoms with Gasteiger partial charge < -0.3 is 14.0 Å². The summed E-state index contributed by atoms with van der Waals surface area (Å²) in [5.74, 6) is 0.850. The van der Waals surface area contributed by atoms with E-state index < -0.39 is 25.9 Å². The summed E-state index contributed by atoms with van der Waals surface area (Å²) in [6, 6.07) is 16.7. The Morgan fingerprint density at radius 3 is 1.65 bits per heavy atom. The van der Waals surface area contributed by atoms with Crippen LogP contribution in [0.15, 0.2) is 91.4 Å². The minimum Gasteiger partial charge on any atom is -0.744 e. The molecule has 11 nitrogen and oxygen atoms in total. The topological polar surface area (TPSA) is 159 Å². The van der Waals surface area contributed by atoms with Crippen molar-refractivity contribution in [2.75, 3.05) is 25.1 Å². The van der Waals surface area contributed by atoms with Gasteiger partial charge in [0.15, 0.2) is 0 Å². The zero-order chi connectivity index (χ0) is 25.9. The normalized spacial score (nSPS) is 12.2. The quantitative estimate of drug-likeness (QED) is 0.122. The summed E-state index contributed by atoms with van der Waals surface area (Å²) in [7, 11) is -1.96. The zero-order valence-corrected chi connectivity index (χ0v) is 22.8. The van der Waals surface area contributed by atoms with Crippen LogP contribution in [0.5, 0.6) is 11.5 Å². The Morgan fingerprint density at radius 1 is 0.730 bits per heavy atom. The van der Waals surface area contributed by atoms with E-state index in [1.165, 1.54) is 20.3 Å². The molecule has 0 amide bonds. The van der Waals surface area contributed by atoms with Gasteiger partial charge in [-0.15, -0.1) is 0 Å². The molecule has 2 N–H and O–H groups in total. The smallest absolute Gasteiger partial charge is 0.744 e. The van der Waals surface area contributed by atoms with Crippen molar-refractivity contribution in [2.45, 2.75) is 4.90 Å². The van der Waals surface area contributed by atoms with Crippen LogP contribution in [0.2, 0.25) is 0 Å². The molecule has 37 heavy (non-hydrogen) atoms. The molecule has 4 aromatic carbocycles. The van der Waals surface area contributed by atoms with Crippen molar-refractivity contribution in [3.05, 3.63) is 97.9 Å². The summed E-state index contributed by atoms with van der Waals surface area (Å²) < 4.78 is 45.5. The zero-order valence-electron chi connectivity index (χ0n) is 20.0.